The molecule has 0 unspecified atom stereocenters. The predicted octanol–water partition coefficient (Wildman–Crippen LogP) is 5.45. The van der Waals surface area contributed by atoms with Gasteiger partial charge in [0.2, 0.25) is 11.6 Å². The number of aromatic nitrogens is 2. The first-order valence-electron chi connectivity index (χ1n) is 8.22. The molecule has 0 radical (unpaired) electrons. The van der Waals surface area contributed by atoms with Gasteiger partial charge in [-0.2, -0.15) is 0 Å². The van der Waals surface area contributed by atoms with Gasteiger partial charge in [-0.15, -0.1) is 0 Å². The van der Waals surface area contributed by atoms with Crippen molar-refractivity contribution in [3.05, 3.63) is 74.6 Å². The van der Waals surface area contributed by atoms with Gasteiger partial charge in [0.25, 0.3) is 0 Å². The Balaban J connectivity index is 2.00. The minimum absolute atomic E-state index is 0.0895. The van der Waals surface area contributed by atoms with E-state index >= 15 is 0 Å². The molecule has 0 amide bonds. The Labute approximate surface area is 161 Å². The summed E-state index contributed by atoms with van der Waals surface area (Å²) in [5.74, 6) is 0.201. The van der Waals surface area contributed by atoms with Crippen LogP contribution in [0.4, 0.5) is 28.7 Å². The highest BCUT2D eigenvalue weighted by molar-refractivity contribution is 6.30. The zero-order chi connectivity index (χ0) is 19.6. The predicted molar refractivity (Wildman–Crippen MR) is 107 cm³/mol. The summed E-state index contributed by atoms with van der Waals surface area (Å²) in [5.41, 5.74) is 4.21. The number of rotatable bonds is 5. The highest BCUT2D eigenvalue weighted by atomic mass is 35.5. The Hall–Kier alpha value is -3.19. The van der Waals surface area contributed by atoms with Gasteiger partial charge in [0, 0.05) is 16.4 Å². The van der Waals surface area contributed by atoms with Crippen LogP contribution < -0.4 is 10.6 Å². The molecule has 1 heterocycles. The number of nitro groups is 1. The van der Waals surface area contributed by atoms with E-state index in [9.17, 15) is 10.1 Å². The fraction of sp³-hybridized carbons (Fsp3) is 0.158. The van der Waals surface area contributed by atoms with Crippen molar-refractivity contribution in [3.8, 4) is 0 Å². The van der Waals surface area contributed by atoms with Crippen molar-refractivity contribution in [1.29, 1.82) is 0 Å². The van der Waals surface area contributed by atoms with Crippen molar-refractivity contribution in [1.82, 2.24) is 9.97 Å². The van der Waals surface area contributed by atoms with E-state index in [0.29, 0.717) is 16.4 Å². The van der Waals surface area contributed by atoms with Gasteiger partial charge in [-0.1, -0.05) is 23.7 Å². The summed E-state index contributed by atoms with van der Waals surface area (Å²) in [6, 6.07) is 11.0. The maximum atomic E-state index is 11.7. The van der Waals surface area contributed by atoms with Crippen LogP contribution in [0.5, 0.6) is 0 Å². The second-order valence-electron chi connectivity index (χ2n) is 6.18. The van der Waals surface area contributed by atoms with E-state index in [0.717, 1.165) is 16.7 Å². The summed E-state index contributed by atoms with van der Waals surface area (Å²) in [7, 11) is 0. The first kappa shape index (κ1) is 18.6. The molecule has 0 aliphatic rings. The molecule has 138 valence electrons. The van der Waals surface area contributed by atoms with Crippen molar-refractivity contribution >= 4 is 40.3 Å². The Morgan fingerprint density at radius 3 is 2.26 bits per heavy atom. The van der Waals surface area contributed by atoms with Crippen LogP contribution in [-0.2, 0) is 0 Å². The van der Waals surface area contributed by atoms with Gasteiger partial charge in [0.05, 0.1) is 4.92 Å². The second kappa shape index (κ2) is 7.59. The molecule has 0 saturated heterocycles. The lowest BCUT2D eigenvalue weighted by molar-refractivity contribution is -0.383. The van der Waals surface area contributed by atoms with E-state index in [1.165, 1.54) is 6.33 Å². The van der Waals surface area contributed by atoms with Gasteiger partial charge in [0.1, 0.15) is 6.33 Å². The summed E-state index contributed by atoms with van der Waals surface area (Å²) in [6.45, 7) is 5.85. The van der Waals surface area contributed by atoms with E-state index in [-0.39, 0.29) is 17.3 Å². The maximum absolute atomic E-state index is 11.7. The van der Waals surface area contributed by atoms with Gasteiger partial charge in [-0.3, -0.25) is 10.1 Å². The van der Waals surface area contributed by atoms with E-state index < -0.39 is 4.92 Å². The molecule has 0 aliphatic carbocycles. The topological polar surface area (TPSA) is 93.0 Å². The summed E-state index contributed by atoms with van der Waals surface area (Å²) in [4.78, 5) is 19.3. The molecule has 3 rings (SSSR count). The van der Waals surface area contributed by atoms with Gasteiger partial charge in [0.15, 0.2) is 0 Å². The van der Waals surface area contributed by atoms with Crippen LogP contribution >= 0.6 is 11.6 Å². The lowest BCUT2D eigenvalue weighted by Gasteiger charge is -2.12. The SMILES string of the molecule is Cc1ccc(Nc2ncnc(Nc3cc(Cl)ccc3C)c2[N+](=O)[O-])cc1C. The largest absolute Gasteiger partial charge is 0.353 e. The third kappa shape index (κ3) is 4.15. The number of nitrogens with zero attached hydrogens (tertiary/aromatic N) is 3. The molecule has 0 atom stereocenters. The normalized spacial score (nSPS) is 10.5. The van der Waals surface area contributed by atoms with E-state index in [2.05, 4.69) is 20.6 Å². The Bertz CT molecular complexity index is 1020. The molecule has 2 aromatic carbocycles. The fourth-order valence-corrected chi connectivity index (χ4v) is 2.72. The van der Waals surface area contributed by atoms with Crippen LogP contribution in [0.3, 0.4) is 0 Å². The molecule has 27 heavy (non-hydrogen) atoms. The van der Waals surface area contributed by atoms with Crippen LogP contribution in [0.15, 0.2) is 42.7 Å². The van der Waals surface area contributed by atoms with Gasteiger partial charge in [-0.25, -0.2) is 9.97 Å². The molecule has 2 N–H and O–H groups in total. The first-order valence-corrected chi connectivity index (χ1v) is 8.60. The lowest BCUT2D eigenvalue weighted by atomic mass is 10.1. The standard InChI is InChI=1S/C19H18ClN5O2/c1-11-5-7-15(8-13(11)3)23-18-17(25(26)27)19(22-10-21-18)24-16-9-14(20)6-4-12(16)2/h4-10H,1-3H3,(H2,21,22,23,24). The summed E-state index contributed by atoms with van der Waals surface area (Å²) >= 11 is 6.03. The van der Waals surface area contributed by atoms with Crippen molar-refractivity contribution in [3.63, 3.8) is 0 Å². The molecule has 7 nitrogen and oxygen atoms in total. The smallest absolute Gasteiger partial charge is 0.334 e. The van der Waals surface area contributed by atoms with Crippen LogP contribution in [0.1, 0.15) is 16.7 Å². The second-order valence-corrected chi connectivity index (χ2v) is 6.62. The molecule has 1 aromatic heterocycles. The zero-order valence-electron chi connectivity index (χ0n) is 15.1. The molecule has 0 spiro atoms. The van der Waals surface area contributed by atoms with E-state index in [1.54, 1.807) is 12.1 Å². The summed E-state index contributed by atoms with van der Waals surface area (Å²) < 4.78 is 0. The third-order valence-corrected chi connectivity index (χ3v) is 4.46. The van der Waals surface area contributed by atoms with E-state index in [1.807, 2.05) is 45.0 Å². The molecular weight excluding hydrogens is 366 g/mol. The van der Waals surface area contributed by atoms with Gasteiger partial charge in [-0.05, 0) is 61.7 Å². The minimum atomic E-state index is -0.508. The average Bonchev–Trinajstić information content (AvgIpc) is 2.61. The number of benzene rings is 2. The Morgan fingerprint density at radius 2 is 1.59 bits per heavy atom. The van der Waals surface area contributed by atoms with Gasteiger partial charge >= 0.3 is 5.69 Å². The Morgan fingerprint density at radius 1 is 0.926 bits per heavy atom. The molecule has 0 aliphatic heterocycles. The number of aryl methyl sites for hydroxylation is 3. The summed E-state index contributed by atoms with van der Waals surface area (Å²) in [5, 5.41) is 18.2. The third-order valence-electron chi connectivity index (χ3n) is 4.23. The maximum Gasteiger partial charge on any atom is 0.353 e. The van der Waals surface area contributed by atoms with Crippen LogP contribution in [0, 0.1) is 30.9 Å². The average molecular weight is 384 g/mol. The monoisotopic (exact) mass is 383 g/mol. The quantitative estimate of drug-likeness (QED) is 0.449. The molecule has 8 heteroatoms. The first-order chi connectivity index (χ1) is 12.8. The van der Waals surface area contributed by atoms with Crippen LogP contribution in [0.25, 0.3) is 0 Å². The van der Waals surface area contributed by atoms with Crippen molar-refractivity contribution in [2.75, 3.05) is 10.6 Å². The molecule has 0 bridgehead atoms. The molecule has 0 fully saturated rings. The minimum Gasteiger partial charge on any atom is -0.334 e. The highest BCUT2D eigenvalue weighted by Crippen LogP contribution is 2.34. The van der Waals surface area contributed by atoms with Crippen molar-refractivity contribution < 1.29 is 4.92 Å². The zero-order valence-corrected chi connectivity index (χ0v) is 15.8. The van der Waals surface area contributed by atoms with Crippen LogP contribution in [-0.4, -0.2) is 14.9 Å². The molecule has 3 aromatic rings. The molecular formula is C19H18ClN5O2. The number of hydrogen-bond acceptors (Lipinski definition) is 6. The fourth-order valence-electron chi connectivity index (χ4n) is 2.55. The number of hydrogen-bond donors (Lipinski definition) is 2. The number of halogens is 1. The van der Waals surface area contributed by atoms with Crippen LogP contribution in [0.2, 0.25) is 5.02 Å². The van der Waals surface area contributed by atoms with Crippen molar-refractivity contribution in [2.24, 2.45) is 0 Å². The number of nitrogens with one attached hydrogen (secondary N) is 2. The number of anilines is 4. The van der Waals surface area contributed by atoms with Gasteiger partial charge < -0.3 is 10.6 Å². The highest BCUT2D eigenvalue weighted by Gasteiger charge is 2.23. The van der Waals surface area contributed by atoms with Crippen molar-refractivity contribution in [2.45, 2.75) is 20.8 Å². The summed E-state index contributed by atoms with van der Waals surface area (Å²) in [6.07, 6.45) is 1.28. The Kier molecular flexibility index (Phi) is 5.23. The lowest BCUT2D eigenvalue weighted by Crippen LogP contribution is -2.06. The molecule has 0 saturated carbocycles. The van der Waals surface area contributed by atoms with E-state index in [4.69, 9.17) is 11.6 Å².